The molecule has 0 fully saturated rings. The minimum atomic E-state index is -0.900. The van der Waals surface area contributed by atoms with Crippen LogP contribution in [0, 0.1) is 0 Å². The predicted molar refractivity (Wildman–Crippen MR) is 35.0 cm³/mol. The molecule has 3 heteroatoms. The maximum atomic E-state index is 9.83. The summed E-state index contributed by atoms with van der Waals surface area (Å²) < 4.78 is 0. The fourth-order valence-corrected chi connectivity index (χ4v) is 0.151. The Hall–Kier alpha value is 0.470. The van der Waals surface area contributed by atoms with Crippen molar-refractivity contribution in [1.29, 1.82) is 0 Å². The van der Waals surface area contributed by atoms with Crippen molar-refractivity contribution < 1.29 is 12.8 Å². The van der Waals surface area contributed by atoms with Gasteiger partial charge in [0.1, 0.15) is 0 Å². The Kier molecular flexibility index (Phi) is 7.91. The van der Waals surface area contributed by atoms with Gasteiger partial charge in [-0.2, -0.15) is 0 Å². The molecule has 0 aromatic heterocycles. The first kappa shape index (κ1) is 11.3. The Bertz CT molecular complexity index is 106. The molecule has 0 rings (SSSR count). The van der Waals surface area contributed by atoms with Crippen molar-refractivity contribution in [3.63, 3.8) is 0 Å². The van der Waals surface area contributed by atoms with Crippen LogP contribution in [0.15, 0.2) is 12.2 Å². The minimum Gasteiger partial charge on any atom is -1.00 e. The zero-order chi connectivity index (χ0) is 5.86. The summed E-state index contributed by atoms with van der Waals surface area (Å²) in [6.07, 6.45) is 0.523. The summed E-state index contributed by atoms with van der Waals surface area (Å²) >= 11 is 0. The van der Waals surface area contributed by atoms with Gasteiger partial charge in [-0.15, -0.1) is 0 Å². The molecule has 8 heavy (non-hydrogen) atoms. The standard InChI is InChI=1S/C5H8O2.Ca.2H/c1-3-4(2)5(6)7;;;/h2-3H2,1H3,(H,6,7);;;/q;+2;2*-1. The van der Waals surface area contributed by atoms with E-state index in [1.165, 1.54) is 0 Å². The van der Waals surface area contributed by atoms with Crippen LogP contribution in [0.2, 0.25) is 0 Å². The topological polar surface area (TPSA) is 37.3 Å². The van der Waals surface area contributed by atoms with Gasteiger partial charge in [0.2, 0.25) is 0 Å². The summed E-state index contributed by atoms with van der Waals surface area (Å²) in [7, 11) is 0. The first-order valence-corrected chi connectivity index (χ1v) is 2.09. The monoisotopic (exact) mass is 142 g/mol. The van der Waals surface area contributed by atoms with Gasteiger partial charge in [0.15, 0.2) is 0 Å². The number of carboxylic acid groups (broad SMARTS) is 1. The van der Waals surface area contributed by atoms with Gasteiger partial charge in [0.25, 0.3) is 0 Å². The van der Waals surface area contributed by atoms with Gasteiger partial charge < -0.3 is 7.96 Å². The molecule has 0 aliphatic carbocycles. The second-order valence-corrected chi connectivity index (χ2v) is 1.26. The number of rotatable bonds is 2. The van der Waals surface area contributed by atoms with Gasteiger partial charge in [0.05, 0.1) is 0 Å². The van der Waals surface area contributed by atoms with E-state index in [4.69, 9.17) is 5.11 Å². The van der Waals surface area contributed by atoms with E-state index in [9.17, 15) is 4.79 Å². The minimum absolute atomic E-state index is 0. The molecule has 0 atom stereocenters. The second kappa shape index (κ2) is 5.60. The zero-order valence-electron chi connectivity index (χ0n) is 6.98. The normalized spacial score (nSPS) is 7.12. The van der Waals surface area contributed by atoms with Crippen LogP contribution in [-0.2, 0) is 4.79 Å². The fraction of sp³-hybridized carbons (Fsp3) is 0.400. The molecule has 2 nitrogen and oxygen atoms in total. The number of hydrogen-bond acceptors (Lipinski definition) is 1. The smallest absolute Gasteiger partial charge is 1.00 e. The first-order chi connectivity index (χ1) is 3.18. The molecule has 0 aromatic rings. The Morgan fingerprint density at radius 1 is 1.88 bits per heavy atom. The van der Waals surface area contributed by atoms with E-state index in [0.717, 1.165) is 0 Å². The molecule has 0 heterocycles. The third-order valence-electron chi connectivity index (χ3n) is 0.729. The summed E-state index contributed by atoms with van der Waals surface area (Å²) in [6.45, 7) is 5.03. The van der Waals surface area contributed by atoms with Crippen molar-refractivity contribution in [2.45, 2.75) is 13.3 Å². The van der Waals surface area contributed by atoms with Crippen LogP contribution in [0.3, 0.4) is 0 Å². The van der Waals surface area contributed by atoms with Crippen LogP contribution in [0.5, 0.6) is 0 Å². The van der Waals surface area contributed by atoms with Crippen LogP contribution in [0.1, 0.15) is 16.2 Å². The Labute approximate surface area is 81.6 Å². The Balaban J connectivity index is -0.0000000600. The summed E-state index contributed by atoms with van der Waals surface area (Å²) in [6, 6.07) is 0. The third kappa shape index (κ3) is 4.62. The van der Waals surface area contributed by atoms with Crippen LogP contribution in [0.4, 0.5) is 0 Å². The van der Waals surface area contributed by atoms with Gasteiger partial charge in [-0.3, -0.25) is 0 Å². The number of carboxylic acids is 1. The molecule has 44 valence electrons. The molecule has 0 radical (unpaired) electrons. The van der Waals surface area contributed by atoms with E-state index >= 15 is 0 Å². The van der Waals surface area contributed by atoms with Crippen molar-refractivity contribution >= 4 is 43.7 Å². The van der Waals surface area contributed by atoms with Crippen molar-refractivity contribution in [2.75, 3.05) is 0 Å². The molecule has 0 aromatic carbocycles. The zero-order valence-corrected chi connectivity index (χ0v) is 7.19. The van der Waals surface area contributed by atoms with E-state index in [1.807, 2.05) is 0 Å². The van der Waals surface area contributed by atoms with Crippen LogP contribution in [0.25, 0.3) is 0 Å². The summed E-state index contributed by atoms with van der Waals surface area (Å²) in [5, 5.41) is 8.08. The van der Waals surface area contributed by atoms with Gasteiger partial charge in [-0.25, -0.2) is 4.79 Å². The molecular formula is C5H10CaO2. The number of aliphatic carboxylic acids is 1. The molecule has 0 saturated carbocycles. The quantitative estimate of drug-likeness (QED) is 0.459. The predicted octanol–water partition coefficient (Wildman–Crippen LogP) is 0.881. The van der Waals surface area contributed by atoms with Crippen LogP contribution < -0.4 is 0 Å². The average Bonchev–Trinajstić information content (AvgIpc) is 1.65. The van der Waals surface area contributed by atoms with E-state index in [2.05, 4.69) is 6.58 Å². The summed E-state index contributed by atoms with van der Waals surface area (Å²) in [4.78, 5) is 9.83. The van der Waals surface area contributed by atoms with E-state index in [-0.39, 0.29) is 46.2 Å². The molecule has 0 spiro atoms. The molecule has 0 bridgehead atoms. The molecule has 1 N–H and O–H groups in total. The SMILES string of the molecule is C=C(CC)C(=O)O.[Ca+2].[H-].[H-]. The molecular weight excluding hydrogens is 132 g/mol. The Morgan fingerprint density at radius 3 is 2.25 bits per heavy atom. The molecule has 0 aliphatic heterocycles. The number of carbonyl (C=O) groups is 1. The van der Waals surface area contributed by atoms with Gasteiger partial charge in [0, 0.05) is 5.57 Å². The van der Waals surface area contributed by atoms with Crippen molar-refractivity contribution in [2.24, 2.45) is 0 Å². The van der Waals surface area contributed by atoms with Crippen LogP contribution in [-0.4, -0.2) is 48.8 Å². The van der Waals surface area contributed by atoms with Crippen LogP contribution >= 0.6 is 0 Å². The summed E-state index contributed by atoms with van der Waals surface area (Å²) in [5.41, 5.74) is 0.264. The fourth-order valence-electron chi connectivity index (χ4n) is 0.151. The van der Waals surface area contributed by atoms with Crippen molar-refractivity contribution in [3.05, 3.63) is 12.2 Å². The van der Waals surface area contributed by atoms with Crippen molar-refractivity contribution in [1.82, 2.24) is 0 Å². The first-order valence-electron chi connectivity index (χ1n) is 2.09. The molecule has 0 unspecified atom stereocenters. The third-order valence-corrected chi connectivity index (χ3v) is 0.729. The Morgan fingerprint density at radius 2 is 2.25 bits per heavy atom. The van der Waals surface area contributed by atoms with E-state index in [0.29, 0.717) is 6.42 Å². The second-order valence-electron chi connectivity index (χ2n) is 1.26. The largest absolute Gasteiger partial charge is 2.00 e. The maximum Gasteiger partial charge on any atom is 2.00 e. The number of hydrogen-bond donors (Lipinski definition) is 1. The average molecular weight is 142 g/mol. The summed E-state index contributed by atoms with van der Waals surface area (Å²) in [5.74, 6) is -0.900. The van der Waals surface area contributed by atoms with E-state index in [1.54, 1.807) is 6.92 Å². The molecule has 0 saturated heterocycles. The van der Waals surface area contributed by atoms with Gasteiger partial charge >= 0.3 is 43.7 Å². The molecule has 0 amide bonds. The maximum absolute atomic E-state index is 9.83. The van der Waals surface area contributed by atoms with E-state index < -0.39 is 5.97 Å². The molecule has 0 aliphatic rings. The van der Waals surface area contributed by atoms with Gasteiger partial charge in [-0.1, -0.05) is 13.5 Å². The van der Waals surface area contributed by atoms with Gasteiger partial charge in [-0.05, 0) is 6.42 Å². The van der Waals surface area contributed by atoms with Crippen molar-refractivity contribution in [3.8, 4) is 0 Å².